The van der Waals surface area contributed by atoms with Gasteiger partial charge in [-0.05, 0) is 30.5 Å². The lowest BCUT2D eigenvalue weighted by Crippen LogP contribution is -2.64. The average Bonchev–Trinajstić information content (AvgIpc) is 3.44. The summed E-state index contributed by atoms with van der Waals surface area (Å²) in [5, 5.41) is 7.89. The second kappa shape index (κ2) is 8.63. The summed E-state index contributed by atoms with van der Waals surface area (Å²) in [4.78, 5) is 9.59. The van der Waals surface area contributed by atoms with Crippen molar-refractivity contribution < 1.29 is 0 Å². The molecule has 1 unspecified atom stereocenters. The fourth-order valence-electron chi connectivity index (χ4n) is 4.14. The summed E-state index contributed by atoms with van der Waals surface area (Å²) in [5.41, 5.74) is 1.56. The minimum absolute atomic E-state index is 0. The van der Waals surface area contributed by atoms with E-state index in [2.05, 4.69) is 37.6 Å². The van der Waals surface area contributed by atoms with Gasteiger partial charge in [0.05, 0.1) is 0 Å². The lowest BCUT2D eigenvalue weighted by Gasteiger charge is -2.47. The summed E-state index contributed by atoms with van der Waals surface area (Å²) in [6, 6.07) is 8.89. The van der Waals surface area contributed by atoms with E-state index in [1.807, 2.05) is 19.2 Å². The summed E-state index contributed by atoms with van der Waals surface area (Å²) in [7, 11) is 1.85. The molecule has 4 fully saturated rings. The number of piperazine rings is 3. The van der Waals surface area contributed by atoms with E-state index < -0.39 is 0 Å². The van der Waals surface area contributed by atoms with Gasteiger partial charge in [-0.25, -0.2) is 0 Å². The molecule has 7 heteroatoms. The number of fused-ring (bicyclic) bond motifs is 3. The zero-order valence-corrected chi connectivity index (χ0v) is 18.5. The van der Waals surface area contributed by atoms with Crippen LogP contribution in [0.25, 0.3) is 0 Å². The molecule has 26 heavy (non-hydrogen) atoms. The molecule has 144 valence electrons. The van der Waals surface area contributed by atoms with Crippen LogP contribution in [0, 0.1) is 0 Å². The SMILES string of the molecule is CN=C(NCC1CN2CCN1CC2)NCC1(c2cccc(Cl)c2)CC1.I. The number of hydrogen-bond donors (Lipinski definition) is 2. The van der Waals surface area contributed by atoms with E-state index in [1.165, 1.54) is 51.1 Å². The van der Waals surface area contributed by atoms with Crippen LogP contribution in [-0.2, 0) is 5.41 Å². The molecule has 2 bridgehead atoms. The molecule has 0 aromatic heterocycles. The van der Waals surface area contributed by atoms with Crippen LogP contribution in [0.15, 0.2) is 29.3 Å². The second-order valence-corrected chi connectivity index (χ2v) is 8.02. The molecule has 1 aliphatic carbocycles. The summed E-state index contributed by atoms with van der Waals surface area (Å²) in [6.45, 7) is 7.91. The van der Waals surface area contributed by atoms with Crippen LogP contribution in [0.1, 0.15) is 18.4 Å². The molecule has 1 saturated carbocycles. The number of hydrogen-bond acceptors (Lipinski definition) is 3. The van der Waals surface area contributed by atoms with Gasteiger partial charge in [-0.2, -0.15) is 0 Å². The molecule has 5 nitrogen and oxygen atoms in total. The zero-order valence-electron chi connectivity index (χ0n) is 15.4. The Morgan fingerprint density at radius 1 is 1.23 bits per heavy atom. The second-order valence-electron chi connectivity index (χ2n) is 7.59. The number of halogens is 2. The molecular formula is C19H29ClIN5. The molecule has 3 aliphatic heterocycles. The predicted molar refractivity (Wildman–Crippen MR) is 119 cm³/mol. The van der Waals surface area contributed by atoms with Crippen molar-refractivity contribution in [3.63, 3.8) is 0 Å². The Morgan fingerprint density at radius 2 is 2.00 bits per heavy atom. The number of aliphatic imine (C=N–C) groups is 1. The van der Waals surface area contributed by atoms with Crippen molar-refractivity contribution in [2.75, 3.05) is 52.9 Å². The van der Waals surface area contributed by atoms with Gasteiger partial charge in [-0.15, -0.1) is 24.0 Å². The van der Waals surface area contributed by atoms with Gasteiger partial charge in [0.25, 0.3) is 0 Å². The highest BCUT2D eigenvalue weighted by atomic mass is 127. The highest BCUT2D eigenvalue weighted by Crippen LogP contribution is 2.48. The van der Waals surface area contributed by atoms with Gasteiger partial charge >= 0.3 is 0 Å². The van der Waals surface area contributed by atoms with Crippen LogP contribution in [0.4, 0.5) is 0 Å². The molecule has 3 heterocycles. The number of nitrogens with zero attached hydrogens (tertiary/aromatic N) is 3. The Bertz CT molecular complexity index is 641. The topological polar surface area (TPSA) is 42.9 Å². The highest BCUT2D eigenvalue weighted by Gasteiger charge is 2.44. The van der Waals surface area contributed by atoms with E-state index >= 15 is 0 Å². The molecule has 0 radical (unpaired) electrons. The lowest BCUT2D eigenvalue weighted by molar-refractivity contribution is 0.0154. The normalized spacial score (nSPS) is 29.0. The fourth-order valence-corrected chi connectivity index (χ4v) is 4.33. The van der Waals surface area contributed by atoms with E-state index in [4.69, 9.17) is 11.6 Å². The molecule has 3 saturated heterocycles. The van der Waals surface area contributed by atoms with Crippen molar-refractivity contribution in [1.82, 2.24) is 20.4 Å². The summed E-state index contributed by atoms with van der Waals surface area (Å²) >= 11 is 6.17. The number of benzene rings is 1. The Balaban J connectivity index is 0.00000196. The summed E-state index contributed by atoms with van der Waals surface area (Å²) in [6.07, 6.45) is 2.42. The van der Waals surface area contributed by atoms with Gasteiger partial charge in [0, 0.05) is 69.3 Å². The van der Waals surface area contributed by atoms with E-state index in [9.17, 15) is 0 Å². The maximum Gasteiger partial charge on any atom is 0.191 e. The molecule has 0 amide bonds. The fraction of sp³-hybridized carbons (Fsp3) is 0.632. The van der Waals surface area contributed by atoms with Gasteiger partial charge in [-0.1, -0.05) is 23.7 Å². The molecular weight excluding hydrogens is 461 g/mol. The molecule has 5 rings (SSSR count). The number of rotatable bonds is 5. The van der Waals surface area contributed by atoms with Crippen molar-refractivity contribution in [1.29, 1.82) is 0 Å². The largest absolute Gasteiger partial charge is 0.356 e. The van der Waals surface area contributed by atoms with Crippen LogP contribution in [-0.4, -0.2) is 74.7 Å². The summed E-state index contributed by atoms with van der Waals surface area (Å²) < 4.78 is 0. The third-order valence-electron chi connectivity index (χ3n) is 6.01. The minimum Gasteiger partial charge on any atom is -0.356 e. The van der Waals surface area contributed by atoms with Crippen molar-refractivity contribution in [2.45, 2.75) is 24.3 Å². The first-order valence-electron chi connectivity index (χ1n) is 9.35. The predicted octanol–water partition coefficient (Wildman–Crippen LogP) is 2.15. The van der Waals surface area contributed by atoms with Gasteiger partial charge in [0.2, 0.25) is 0 Å². The van der Waals surface area contributed by atoms with E-state index in [0.717, 1.165) is 24.1 Å². The first kappa shape index (κ1) is 20.2. The monoisotopic (exact) mass is 489 g/mol. The van der Waals surface area contributed by atoms with E-state index in [1.54, 1.807) is 0 Å². The van der Waals surface area contributed by atoms with Gasteiger partial charge in [0.1, 0.15) is 0 Å². The maximum atomic E-state index is 6.17. The Kier molecular flexibility index (Phi) is 6.69. The Hall–Kier alpha value is -0.570. The molecule has 1 aromatic carbocycles. The van der Waals surface area contributed by atoms with Gasteiger partial charge < -0.3 is 10.6 Å². The third-order valence-corrected chi connectivity index (χ3v) is 6.24. The van der Waals surface area contributed by atoms with Gasteiger partial charge in [-0.3, -0.25) is 14.8 Å². The van der Waals surface area contributed by atoms with Crippen molar-refractivity contribution in [3.05, 3.63) is 34.9 Å². The first-order valence-corrected chi connectivity index (χ1v) is 9.73. The maximum absolute atomic E-state index is 6.17. The Morgan fingerprint density at radius 3 is 2.58 bits per heavy atom. The van der Waals surface area contributed by atoms with Crippen LogP contribution >= 0.6 is 35.6 Å². The van der Waals surface area contributed by atoms with E-state index in [-0.39, 0.29) is 29.4 Å². The average molecular weight is 490 g/mol. The first-order chi connectivity index (χ1) is 12.2. The summed E-state index contributed by atoms with van der Waals surface area (Å²) in [5.74, 6) is 0.908. The third kappa shape index (κ3) is 4.46. The standard InChI is InChI=1S/C19H28ClN5.HI/c1-21-18(22-12-17-13-24-7-9-25(17)10-8-24)23-14-19(5-6-19)15-3-2-4-16(20)11-15;/h2-4,11,17H,5-10,12-14H2,1H3,(H2,21,22,23);1H. The molecule has 2 N–H and O–H groups in total. The minimum atomic E-state index is 0. The van der Waals surface area contributed by atoms with Crippen molar-refractivity contribution in [2.24, 2.45) is 4.99 Å². The van der Waals surface area contributed by atoms with E-state index in [0.29, 0.717) is 6.04 Å². The quantitative estimate of drug-likeness (QED) is 0.378. The van der Waals surface area contributed by atoms with Crippen LogP contribution in [0.3, 0.4) is 0 Å². The lowest BCUT2D eigenvalue weighted by atomic mass is 9.96. The molecule has 1 aromatic rings. The molecule has 0 spiro atoms. The zero-order chi connectivity index (χ0) is 17.3. The molecule has 1 atom stereocenters. The van der Waals surface area contributed by atoms with Crippen LogP contribution in [0.5, 0.6) is 0 Å². The molecule has 4 aliphatic rings. The van der Waals surface area contributed by atoms with Crippen LogP contribution < -0.4 is 10.6 Å². The number of guanidine groups is 1. The Labute approximate surface area is 178 Å². The number of nitrogens with one attached hydrogen (secondary N) is 2. The van der Waals surface area contributed by atoms with Crippen molar-refractivity contribution >= 4 is 41.5 Å². The highest BCUT2D eigenvalue weighted by molar-refractivity contribution is 14.0. The smallest absolute Gasteiger partial charge is 0.191 e. The van der Waals surface area contributed by atoms with Gasteiger partial charge in [0.15, 0.2) is 5.96 Å². The van der Waals surface area contributed by atoms with Crippen molar-refractivity contribution in [3.8, 4) is 0 Å². The van der Waals surface area contributed by atoms with Crippen LogP contribution in [0.2, 0.25) is 5.02 Å².